The molecule has 3 amide bonds. The number of fused-ring (bicyclic) bond motifs is 2. The van der Waals surface area contributed by atoms with Gasteiger partial charge >= 0.3 is 0 Å². The molecule has 0 aromatic heterocycles. The van der Waals surface area contributed by atoms with Gasteiger partial charge in [-0.3, -0.25) is 14.4 Å². The molecule has 4 heterocycles. The number of β-amino-alcohol motifs (C(OH)–C–C–N with tert-alkyl or cyclic N) is 1. The third-order valence-electron chi connectivity index (χ3n) is 7.73. The predicted octanol–water partition coefficient (Wildman–Crippen LogP) is 1.59. The number of benzene rings is 1. The highest BCUT2D eigenvalue weighted by Crippen LogP contribution is 2.53. The first-order valence-electron chi connectivity index (χ1n) is 12.4. The van der Waals surface area contributed by atoms with Gasteiger partial charge in [-0.05, 0) is 37.5 Å². The van der Waals surface area contributed by atoms with Crippen molar-refractivity contribution in [3.05, 3.63) is 53.6 Å². The zero-order chi connectivity index (χ0) is 24.9. The maximum atomic E-state index is 14.2. The van der Waals surface area contributed by atoms with E-state index in [1.807, 2.05) is 63.3 Å². The number of hydrogen-bond donors (Lipinski definition) is 1. The molecule has 0 bridgehead atoms. The van der Waals surface area contributed by atoms with E-state index in [9.17, 15) is 19.5 Å². The molecule has 0 saturated carbocycles. The molecule has 35 heavy (non-hydrogen) atoms. The molecule has 186 valence electrons. The van der Waals surface area contributed by atoms with Crippen molar-refractivity contribution in [1.82, 2.24) is 9.80 Å². The molecular weight excluding hydrogens is 446 g/mol. The van der Waals surface area contributed by atoms with Crippen molar-refractivity contribution in [2.45, 2.75) is 44.9 Å². The van der Waals surface area contributed by atoms with Gasteiger partial charge in [-0.25, -0.2) is 0 Å². The van der Waals surface area contributed by atoms with Crippen LogP contribution in [0.4, 0.5) is 5.69 Å². The highest BCUT2D eigenvalue weighted by atomic mass is 16.5. The van der Waals surface area contributed by atoms with Crippen molar-refractivity contribution >= 4 is 23.4 Å². The number of aryl methyl sites for hydroxylation is 2. The zero-order valence-electron chi connectivity index (χ0n) is 20.5. The normalized spacial score (nSPS) is 32.0. The van der Waals surface area contributed by atoms with Crippen molar-refractivity contribution in [2.24, 2.45) is 11.8 Å². The molecule has 1 aromatic carbocycles. The fourth-order valence-corrected chi connectivity index (χ4v) is 6.23. The number of aliphatic hydroxyl groups is 1. The quantitative estimate of drug-likeness (QED) is 0.648. The average molecular weight is 480 g/mol. The molecule has 8 heteroatoms. The molecule has 1 spiro atoms. The molecule has 1 N–H and O–H groups in total. The number of carbonyl (C=O) groups excluding carboxylic acids is 3. The molecule has 1 aromatic rings. The molecule has 0 aliphatic carbocycles. The Hall–Kier alpha value is -2.97. The van der Waals surface area contributed by atoms with Crippen LogP contribution in [0.1, 0.15) is 24.5 Å². The Morgan fingerprint density at radius 1 is 1.06 bits per heavy atom. The lowest BCUT2D eigenvalue weighted by molar-refractivity contribution is -0.144. The van der Waals surface area contributed by atoms with Crippen LogP contribution >= 0.6 is 0 Å². The standard InChI is InChI=1S/C27H33N3O5/c1-4-11-28-12-5-7-20-21(24(28)32)22-25(33)30(14-15-31)23-26(34)29(13-6-10-27(22,23)35-20)19-16-17(2)8-9-18(19)3/h5-10,16,20-23,31H,4,11-15H2,1-3H3/t20-,21+,22-,23?,27-/m0/s1. The molecule has 5 rings (SSSR count). The van der Waals surface area contributed by atoms with Crippen LogP contribution in [0, 0.1) is 25.7 Å². The summed E-state index contributed by atoms with van der Waals surface area (Å²) in [7, 11) is 0. The van der Waals surface area contributed by atoms with Crippen molar-refractivity contribution < 1.29 is 24.2 Å². The third-order valence-corrected chi connectivity index (χ3v) is 7.73. The Morgan fingerprint density at radius 2 is 1.86 bits per heavy atom. The number of likely N-dealkylation sites (tertiary alicyclic amines) is 1. The Morgan fingerprint density at radius 3 is 2.60 bits per heavy atom. The number of ether oxygens (including phenoxy) is 1. The van der Waals surface area contributed by atoms with Crippen LogP contribution in [-0.2, 0) is 19.1 Å². The Balaban J connectivity index is 1.61. The largest absolute Gasteiger partial charge is 0.395 e. The first-order valence-corrected chi connectivity index (χ1v) is 12.4. The lowest BCUT2D eigenvalue weighted by Gasteiger charge is -2.35. The SMILES string of the molecule is CCCN1CC=C[C@@H]2O[C@]34C=CCN(c5cc(C)ccc5C)C(=O)C3N(CCO)C(=O)[C@@H]4[C@@H]2C1=O. The molecule has 4 aliphatic heterocycles. The minimum atomic E-state index is -1.26. The smallest absolute Gasteiger partial charge is 0.253 e. The van der Waals surface area contributed by atoms with Crippen molar-refractivity contribution in [3.63, 3.8) is 0 Å². The van der Waals surface area contributed by atoms with Gasteiger partial charge < -0.3 is 24.5 Å². The van der Waals surface area contributed by atoms with Crippen LogP contribution in [0.25, 0.3) is 0 Å². The molecule has 5 atom stereocenters. The minimum absolute atomic E-state index is 0.00538. The lowest BCUT2D eigenvalue weighted by atomic mass is 9.77. The first kappa shape index (κ1) is 23.8. The van der Waals surface area contributed by atoms with Crippen molar-refractivity contribution in [3.8, 4) is 0 Å². The zero-order valence-corrected chi connectivity index (χ0v) is 20.5. The van der Waals surface area contributed by atoms with Crippen LogP contribution in [-0.4, -0.2) is 83.2 Å². The number of aliphatic hydroxyl groups excluding tert-OH is 1. The minimum Gasteiger partial charge on any atom is -0.395 e. The van der Waals surface area contributed by atoms with Gasteiger partial charge in [0.05, 0.1) is 24.5 Å². The summed E-state index contributed by atoms with van der Waals surface area (Å²) in [5.74, 6) is -2.21. The van der Waals surface area contributed by atoms with Gasteiger partial charge in [-0.2, -0.15) is 0 Å². The number of anilines is 1. The molecule has 2 fully saturated rings. The van der Waals surface area contributed by atoms with E-state index in [4.69, 9.17) is 4.74 Å². The molecular formula is C27H33N3O5. The summed E-state index contributed by atoms with van der Waals surface area (Å²) in [4.78, 5) is 46.6. The monoisotopic (exact) mass is 479 g/mol. The average Bonchev–Trinajstić information content (AvgIpc) is 3.14. The van der Waals surface area contributed by atoms with Crippen LogP contribution in [0.3, 0.4) is 0 Å². The molecule has 4 aliphatic rings. The topological polar surface area (TPSA) is 90.4 Å². The van der Waals surface area contributed by atoms with Crippen molar-refractivity contribution in [1.29, 1.82) is 0 Å². The molecule has 8 nitrogen and oxygen atoms in total. The van der Waals surface area contributed by atoms with E-state index < -0.39 is 29.6 Å². The lowest BCUT2D eigenvalue weighted by Crippen LogP contribution is -2.55. The van der Waals surface area contributed by atoms with E-state index in [2.05, 4.69) is 0 Å². The van der Waals surface area contributed by atoms with E-state index in [1.54, 1.807) is 9.80 Å². The number of carbonyl (C=O) groups is 3. The fourth-order valence-electron chi connectivity index (χ4n) is 6.23. The molecule has 0 radical (unpaired) electrons. The van der Waals surface area contributed by atoms with Gasteiger partial charge in [0.25, 0.3) is 5.91 Å². The second-order valence-corrected chi connectivity index (χ2v) is 9.95. The summed E-state index contributed by atoms with van der Waals surface area (Å²) in [6.45, 7) is 7.08. The van der Waals surface area contributed by atoms with Gasteiger partial charge in [0.2, 0.25) is 11.8 Å². The highest BCUT2D eigenvalue weighted by molar-refractivity contribution is 6.06. The Bertz CT molecular complexity index is 1110. The van der Waals surface area contributed by atoms with Gasteiger partial charge in [0.1, 0.15) is 11.6 Å². The van der Waals surface area contributed by atoms with E-state index in [0.717, 1.165) is 23.2 Å². The number of hydrogen-bond acceptors (Lipinski definition) is 5. The number of amides is 3. The Labute approximate surface area is 205 Å². The van der Waals surface area contributed by atoms with Crippen LogP contribution < -0.4 is 4.90 Å². The summed E-state index contributed by atoms with van der Waals surface area (Å²) in [5.41, 5.74) is 1.50. The van der Waals surface area contributed by atoms with Crippen LogP contribution in [0.2, 0.25) is 0 Å². The fraction of sp³-hybridized carbons (Fsp3) is 0.519. The van der Waals surface area contributed by atoms with E-state index in [-0.39, 0.29) is 30.9 Å². The number of nitrogens with zero attached hydrogens (tertiary/aromatic N) is 3. The van der Waals surface area contributed by atoms with Crippen molar-refractivity contribution in [2.75, 3.05) is 37.7 Å². The maximum absolute atomic E-state index is 14.2. The second-order valence-electron chi connectivity index (χ2n) is 9.95. The van der Waals surface area contributed by atoms with Gasteiger partial charge in [0.15, 0.2) is 0 Å². The first-order chi connectivity index (χ1) is 16.8. The van der Waals surface area contributed by atoms with Gasteiger partial charge in [-0.15, -0.1) is 0 Å². The van der Waals surface area contributed by atoms with E-state index in [0.29, 0.717) is 19.6 Å². The van der Waals surface area contributed by atoms with E-state index in [1.165, 1.54) is 4.90 Å². The second kappa shape index (κ2) is 8.91. The summed E-state index contributed by atoms with van der Waals surface area (Å²) in [6.07, 6.45) is 7.74. The van der Waals surface area contributed by atoms with Gasteiger partial charge in [-0.1, -0.05) is 43.4 Å². The summed E-state index contributed by atoms with van der Waals surface area (Å²) < 4.78 is 6.58. The molecule has 1 unspecified atom stereocenters. The van der Waals surface area contributed by atoms with Crippen LogP contribution in [0.5, 0.6) is 0 Å². The highest BCUT2D eigenvalue weighted by Gasteiger charge is 2.71. The predicted molar refractivity (Wildman–Crippen MR) is 131 cm³/mol. The van der Waals surface area contributed by atoms with Crippen LogP contribution in [0.15, 0.2) is 42.5 Å². The van der Waals surface area contributed by atoms with Gasteiger partial charge in [0, 0.05) is 31.9 Å². The van der Waals surface area contributed by atoms with E-state index >= 15 is 0 Å². The molecule has 2 saturated heterocycles. The number of rotatable bonds is 5. The Kier molecular flexibility index (Phi) is 6.05. The summed E-state index contributed by atoms with van der Waals surface area (Å²) in [5, 5.41) is 9.79. The summed E-state index contributed by atoms with van der Waals surface area (Å²) in [6, 6.07) is 4.99. The maximum Gasteiger partial charge on any atom is 0.253 e. The summed E-state index contributed by atoms with van der Waals surface area (Å²) >= 11 is 0. The third kappa shape index (κ3) is 3.53.